The average molecular weight is 498 g/mol. The van der Waals surface area contributed by atoms with E-state index in [0.29, 0.717) is 12.0 Å². The standard InChI is InChI=1S/C24H31N3O4.2ClH/c1-18-15-24(20-9-7-6-8-10-20,23(2,16-25(3)4)17-26(18)5)31-22(28)19-11-13-21(14-12-19)27(29)30;;/h6-14,18H,15-17H2,1-5H3;2*1H. The first-order chi connectivity index (χ1) is 14.6. The van der Waals surface area contributed by atoms with Crippen LogP contribution >= 0.6 is 24.8 Å². The molecule has 3 atom stereocenters. The summed E-state index contributed by atoms with van der Waals surface area (Å²) in [6, 6.07) is 15.7. The molecule has 1 saturated heterocycles. The van der Waals surface area contributed by atoms with Crippen LogP contribution in [0.2, 0.25) is 0 Å². The number of nitrogens with zero attached hydrogens (tertiary/aromatic N) is 3. The third kappa shape index (κ3) is 5.84. The number of halogens is 2. The van der Waals surface area contributed by atoms with Crippen LogP contribution in [0.15, 0.2) is 54.6 Å². The Labute approximate surface area is 208 Å². The van der Waals surface area contributed by atoms with E-state index in [1.165, 1.54) is 24.3 Å². The van der Waals surface area contributed by atoms with Gasteiger partial charge in [0.2, 0.25) is 0 Å². The number of carbonyl (C=O) groups excluding carboxylic acids is 1. The number of carbonyl (C=O) groups is 1. The average Bonchev–Trinajstić information content (AvgIpc) is 2.72. The number of nitro benzene ring substituents is 1. The summed E-state index contributed by atoms with van der Waals surface area (Å²) in [5, 5.41) is 11.0. The lowest BCUT2D eigenvalue weighted by atomic mass is 9.63. The van der Waals surface area contributed by atoms with Crippen molar-refractivity contribution in [2.45, 2.75) is 31.9 Å². The molecule has 0 spiro atoms. The highest BCUT2D eigenvalue weighted by atomic mass is 35.5. The van der Waals surface area contributed by atoms with Crippen LogP contribution in [-0.2, 0) is 10.3 Å². The van der Waals surface area contributed by atoms with Crippen molar-refractivity contribution in [3.05, 3.63) is 75.8 Å². The van der Waals surface area contributed by atoms with E-state index in [2.05, 4.69) is 30.7 Å². The van der Waals surface area contributed by atoms with Gasteiger partial charge in [0.05, 0.1) is 10.5 Å². The first kappa shape index (κ1) is 28.8. The van der Waals surface area contributed by atoms with Gasteiger partial charge in [-0.25, -0.2) is 4.79 Å². The zero-order chi connectivity index (χ0) is 22.8. The van der Waals surface area contributed by atoms with Gasteiger partial charge in [0.25, 0.3) is 5.69 Å². The molecule has 0 aliphatic carbocycles. The van der Waals surface area contributed by atoms with Crippen molar-refractivity contribution in [1.29, 1.82) is 0 Å². The summed E-state index contributed by atoms with van der Waals surface area (Å²) in [4.78, 5) is 28.2. The summed E-state index contributed by atoms with van der Waals surface area (Å²) in [7, 11) is 6.15. The number of ether oxygens (including phenoxy) is 1. The maximum atomic E-state index is 13.3. The molecule has 2 aromatic carbocycles. The summed E-state index contributed by atoms with van der Waals surface area (Å²) in [5.41, 5.74) is -0.00674. The third-order valence-corrected chi connectivity index (χ3v) is 6.39. The fourth-order valence-corrected chi connectivity index (χ4v) is 4.86. The Bertz CT molecular complexity index is 942. The highest BCUT2D eigenvalue weighted by Gasteiger charge is 2.57. The lowest BCUT2D eigenvalue weighted by molar-refractivity contribution is -0.384. The van der Waals surface area contributed by atoms with Crippen molar-refractivity contribution < 1.29 is 14.5 Å². The molecule has 182 valence electrons. The number of hydrogen-bond acceptors (Lipinski definition) is 6. The molecule has 2 aromatic rings. The molecular formula is C24H33Cl2N3O4. The molecule has 33 heavy (non-hydrogen) atoms. The fraction of sp³-hybridized carbons (Fsp3) is 0.458. The van der Waals surface area contributed by atoms with Gasteiger partial charge >= 0.3 is 5.97 Å². The van der Waals surface area contributed by atoms with Gasteiger partial charge in [-0.15, -0.1) is 24.8 Å². The molecule has 1 fully saturated rings. The number of piperidine rings is 1. The number of rotatable bonds is 6. The third-order valence-electron chi connectivity index (χ3n) is 6.39. The molecule has 0 amide bonds. The second-order valence-electron chi connectivity index (χ2n) is 9.15. The molecule has 0 bridgehead atoms. The zero-order valence-electron chi connectivity index (χ0n) is 19.7. The monoisotopic (exact) mass is 497 g/mol. The molecule has 9 heteroatoms. The molecule has 1 heterocycles. The Kier molecular flexibility index (Phi) is 9.87. The summed E-state index contributed by atoms with van der Waals surface area (Å²) >= 11 is 0. The molecule has 1 aliphatic heterocycles. The molecule has 0 N–H and O–H groups in total. The van der Waals surface area contributed by atoms with Crippen molar-refractivity contribution in [3.8, 4) is 0 Å². The first-order valence-corrected chi connectivity index (χ1v) is 10.5. The van der Waals surface area contributed by atoms with E-state index in [1.807, 2.05) is 44.4 Å². The highest BCUT2D eigenvalue weighted by molar-refractivity contribution is 5.90. The van der Waals surface area contributed by atoms with Crippen LogP contribution in [0.25, 0.3) is 0 Å². The summed E-state index contributed by atoms with van der Waals surface area (Å²) in [6.07, 6.45) is 0.649. The first-order valence-electron chi connectivity index (χ1n) is 10.5. The van der Waals surface area contributed by atoms with E-state index in [-0.39, 0.29) is 42.0 Å². The van der Waals surface area contributed by atoms with Crippen molar-refractivity contribution in [2.75, 3.05) is 34.2 Å². The second kappa shape index (κ2) is 11.3. The zero-order valence-corrected chi connectivity index (χ0v) is 21.3. The van der Waals surface area contributed by atoms with Crippen LogP contribution in [0, 0.1) is 15.5 Å². The quantitative estimate of drug-likeness (QED) is 0.324. The lowest BCUT2D eigenvalue weighted by Crippen LogP contribution is -2.63. The van der Waals surface area contributed by atoms with Crippen LogP contribution in [-0.4, -0.2) is 61.0 Å². The van der Waals surface area contributed by atoms with Crippen LogP contribution in [0.3, 0.4) is 0 Å². The predicted molar refractivity (Wildman–Crippen MR) is 134 cm³/mol. The van der Waals surface area contributed by atoms with Crippen LogP contribution < -0.4 is 0 Å². The van der Waals surface area contributed by atoms with Crippen LogP contribution in [0.1, 0.15) is 36.2 Å². The van der Waals surface area contributed by atoms with Gasteiger partial charge in [0.15, 0.2) is 0 Å². The Morgan fingerprint density at radius 2 is 1.73 bits per heavy atom. The van der Waals surface area contributed by atoms with E-state index in [1.54, 1.807) is 0 Å². The number of non-ortho nitro benzene ring substituents is 1. The number of esters is 1. The van der Waals surface area contributed by atoms with Gasteiger partial charge < -0.3 is 14.5 Å². The Hall–Kier alpha value is -2.19. The molecule has 0 aromatic heterocycles. The molecular weight excluding hydrogens is 465 g/mol. The summed E-state index contributed by atoms with van der Waals surface area (Å²) in [5.74, 6) is -0.472. The van der Waals surface area contributed by atoms with Crippen molar-refractivity contribution in [2.24, 2.45) is 5.41 Å². The van der Waals surface area contributed by atoms with E-state index in [4.69, 9.17) is 4.74 Å². The van der Waals surface area contributed by atoms with Crippen molar-refractivity contribution in [3.63, 3.8) is 0 Å². The van der Waals surface area contributed by atoms with Crippen molar-refractivity contribution in [1.82, 2.24) is 9.80 Å². The van der Waals surface area contributed by atoms with Crippen LogP contribution in [0.4, 0.5) is 5.69 Å². The highest BCUT2D eigenvalue weighted by Crippen LogP contribution is 2.51. The Balaban J connectivity index is 0.00000272. The summed E-state index contributed by atoms with van der Waals surface area (Å²) < 4.78 is 6.42. The van der Waals surface area contributed by atoms with Gasteiger partial charge in [-0.1, -0.05) is 37.3 Å². The van der Waals surface area contributed by atoms with Gasteiger partial charge in [-0.05, 0) is 45.8 Å². The lowest BCUT2D eigenvalue weighted by Gasteiger charge is -2.56. The smallest absolute Gasteiger partial charge is 0.339 e. The van der Waals surface area contributed by atoms with E-state index >= 15 is 0 Å². The van der Waals surface area contributed by atoms with Gasteiger partial charge in [-0.3, -0.25) is 10.1 Å². The number of likely N-dealkylation sites (tertiary alicyclic amines) is 1. The maximum absolute atomic E-state index is 13.3. The number of benzene rings is 2. The Morgan fingerprint density at radius 3 is 2.24 bits per heavy atom. The Morgan fingerprint density at radius 1 is 1.15 bits per heavy atom. The number of nitro groups is 1. The molecule has 0 saturated carbocycles. The minimum absolute atomic E-state index is 0. The van der Waals surface area contributed by atoms with Gasteiger partial charge in [0, 0.05) is 43.1 Å². The fourth-order valence-electron chi connectivity index (χ4n) is 4.86. The van der Waals surface area contributed by atoms with Crippen molar-refractivity contribution >= 4 is 36.5 Å². The minimum atomic E-state index is -0.844. The van der Waals surface area contributed by atoms with Gasteiger partial charge in [-0.2, -0.15) is 0 Å². The second-order valence-corrected chi connectivity index (χ2v) is 9.15. The maximum Gasteiger partial charge on any atom is 0.339 e. The molecule has 0 radical (unpaired) electrons. The predicted octanol–water partition coefficient (Wildman–Crippen LogP) is 4.78. The van der Waals surface area contributed by atoms with E-state index < -0.39 is 16.5 Å². The number of hydrogen-bond donors (Lipinski definition) is 0. The van der Waals surface area contributed by atoms with Crippen LogP contribution in [0.5, 0.6) is 0 Å². The summed E-state index contributed by atoms with van der Waals surface area (Å²) in [6.45, 7) is 5.80. The molecule has 7 nitrogen and oxygen atoms in total. The normalized spacial score (nSPS) is 25.0. The SMILES string of the molecule is CC1CC(OC(=O)c2ccc([N+](=O)[O-])cc2)(c2ccccc2)C(C)(CN(C)C)CN1C.Cl.Cl. The molecule has 3 rings (SSSR count). The van der Waals surface area contributed by atoms with Gasteiger partial charge in [0.1, 0.15) is 5.60 Å². The van der Waals surface area contributed by atoms with E-state index in [0.717, 1.165) is 18.7 Å². The topological polar surface area (TPSA) is 75.9 Å². The van der Waals surface area contributed by atoms with E-state index in [9.17, 15) is 14.9 Å². The molecule has 1 aliphatic rings. The minimum Gasteiger partial charge on any atom is -0.450 e. The molecule has 3 unspecified atom stereocenters. The largest absolute Gasteiger partial charge is 0.450 e.